The van der Waals surface area contributed by atoms with Crippen LogP contribution in [0.5, 0.6) is 0 Å². The number of nitrogens with one attached hydrogen (secondary N) is 4. The molecule has 2 aromatic carbocycles. The number of ether oxygens (including phenoxy) is 1. The zero-order valence-corrected chi connectivity index (χ0v) is 30.6. The predicted molar refractivity (Wildman–Crippen MR) is 197 cm³/mol. The summed E-state index contributed by atoms with van der Waals surface area (Å²) in [6.07, 6.45) is 2.87. The highest BCUT2D eigenvalue weighted by molar-refractivity contribution is 5.87. The molecule has 53 heavy (non-hydrogen) atoms. The van der Waals surface area contributed by atoms with Gasteiger partial charge in [0.1, 0.15) is 17.9 Å². The van der Waals surface area contributed by atoms with Gasteiger partial charge in [0.15, 0.2) is 0 Å². The fourth-order valence-corrected chi connectivity index (χ4v) is 7.29. The molecule has 2 fully saturated rings. The van der Waals surface area contributed by atoms with Crippen molar-refractivity contribution in [3.8, 4) is 23.1 Å². The third kappa shape index (κ3) is 7.99. The first kappa shape index (κ1) is 36.9. The fourth-order valence-electron chi connectivity index (χ4n) is 7.29. The number of alkyl carbamates (subject to hydrolysis) is 1. The third-order valence-corrected chi connectivity index (χ3v) is 9.98. The van der Waals surface area contributed by atoms with Crippen LogP contribution in [0, 0.1) is 23.7 Å². The molecular formula is C39H46N8O6. The van der Waals surface area contributed by atoms with Crippen LogP contribution in [0.2, 0.25) is 0 Å². The Morgan fingerprint density at radius 3 is 2.19 bits per heavy atom. The molecule has 4 amide bonds. The lowest BCUT2D eigenvalue weighted by Crippen LogP contribution is -2.51. The molecule has 2 aliphatic heterocycles. The van der Waals surface area contributed by atoms with Crippen molar-refractivity contribution in [1.29, 1.82) is 0 Å². The third-order valence-electron chi connectivity index (χ3n) is 9.98. The van der Waals surface area contributed by atoms with E-state index in [1.807, 2.05) is 70.2 Å². The van der Waals surface area contributed by atoms with E-state index < -0.39 is 24.3 Å². The number of carboxylic acid groups (broad SMARTS) is 1. The largest absolute Gasteiger partial charge is 0.465 e. The van der Waals surface area contributed by atoms with E-state index in [1.165, 1.54) is 7.11 Å². The monoisotopic (exact) mass is 722 g/mol. The van der Waals surface area contributed by atoms with Crippen LogP contribution in [-0.4, -0.2) is 91.1 Å². The molecule has 14 nitrogen and oxygen atoms in total. The number of carbonyl (C=O) groups is 4. The maximum Gasteiger partial charge on any atom is 0.407 e. The van der Waals surface area contributed by atoms with Crippen molar-refractivity contribution in [2.45, 2.75) is 77.5 Å². The number of aromatic amines is 2. The number of H-pyrrole nitrogens is 2. The van der Waals surface area contributed by atoms with Crippen molar-refractivity contribution in [1.82, 2.24) is 40.4 Å². The summed E-state index contributed by atoms with van der Waals surface area (Å²) < 4.78 is 4.75. The Kier molecular flexibility index (Phi) is 11.0. The van der Waals surface area contributed by atoms with E-state index in [4.69, 9.17) is 9.72 Å². The Balaban J connectivity index is 1.19. The number of benzene rings is 2. The molecule has 0 aliphatic carbocycles. The Bertz CT molecular complexity index is 2060. The average Bonchev–Trinajstić information content (AvgIpc) is 3.96. The van der Waals surface area contributed by atoms with E-state index >= 15 is 0 Å². The first-order chi connectivity index (χ1) is 25.4. The van der Waals surface area contributed by atoms with Gasteiger partial charge in [-0.3, -0.25) is 9.59 Å². The van der Waals surface area contributed by atoms with Crippen LogP contribution in [0.3, 0.4) is 0 Å². The molecule has 1 unspecified atom stereocenters. The number of fused-ring (bicyclic) bond motifs is 1. The summed E-state index contributed by atoms with van der Waals surface area (Å²) in [5, 5.41) is 14.4. The van der Waals surface area contributed by atoms with Crippen LogP contribution < -0.4 is 10.6 Å². The Morgan fingerprint density at radius 1 is 0.887 bits per heavy atom. The minimum absolute atomic E-state index is 0.123. The summed E-state index contributed by atoms with van der Waals surface area (Å²) in [6, 6.07) is 11.5. The van der Waals surface area contributed by atoms with Crippen molar-refractivity contribution in [3.05, 3.63) is 71.4 Å². The lowest BCUT2D eigenvalue weighted by molar-refractivity contribution is -0.136. The van der Waals surface area contributed by atoms with Crippen molar-refractivity contribution < 1.29 is 29.0 Å². The first-order valence-electron chi connectivity index (χ1n) is 18.1. The number of nitrogens with zero attached hydrogens (tertiary/aromatic N) is 4. The molecule has 0 bridgehead atoms. The number of hydrogen-bond donors (Lipinski definition) is 5. The summed E-state index contributed by atoms with van der Waals surface area (Å²) in [4.78, 5) is 70.1. The number of amides is 4. The summed E-state index contributed by atoms with van der Waals surface area (Å²) in [6.45, 7) is 8.53. The summed E-state index contributed by atoms with van der Waals surface area (Å²) in [7, 11) is 1.28. The van der Waals surface area contributed by atoms with E-state index in [9.17, 15) is 24.3 Å². The van der Waals surface area contributed by atoms with Crippen molar-refractivity contribution in [3.63, 3.8) is 0 Å². The van der Waals surface area contributed by atoms with Crippen molar-refractivity contribution in [2.24, 2.45) is 11.8 Å². The minimum Gasteiger partial charge on any atom is -0.465 e. The molecule has 2 aromatic heterocycles. The second kappa shape index (κ2) is 15.8. The highest BCUT2D eigenvalue weighted by Gasteiger charge is 2.39. The second-order valence-electron chi connectivity index (χ2n) is 14.3. The van der Waals surface area contributed by atoms with E-state index in [2.05, 4.69) is 37.4 Å². The molecule has 4 aromatic rings. The maximum atomic E-state index is 13.6. The molecule has 5 N–H and O–H groups in total. The SMILES string of the molecule is COC(=O)N[C@H](C(=O)N1CCCC1c1nc2ccc(C#Cc3cccc(-c4nc[nH]c4[C@@H]4CCCN4C(=O)[C@@H](NC(=O)O)C(C)C)c3)cc2[nH]1)C(C)C. The molecule has 0 radical (unpaired) electrons. The number of methoxy groups -OCH3 is 1. The highest BCUT2D eigenvalue weighted by Crippen LogP contribution is 2.37. The number of carbonyl (C=O) groups excluding carboxylic acids is 3. The normalized spacial score (nSPS) is 18.2. The average molecular weight is 723 g/mol. The van der Waals surface area contributed by atoms with Crippen LogP contribution in [0.1, 0.15) is 88.1 Å². The van der Waals surface area contributed by atoms with Gasteiger partial charge >= 0.3 is 12.2 Å². The van der Waals surface area contributed by atoms with Gasteiger partial charge < -0.3 is 40.2 Å². The predicted octanol–water partition coefficient (Wildman–Crippen LogP) is 5.35. The number of hydrogen-bond acceptors (Lipinski definition) is 7. The van der Waals surface area contributed by atoms with E-state index in [1.54, 1.807) is 16.1 Å². The van der Waals surface area contributed by atoms with Gasteiger partial charge in [-0.15, -0.1) is 0 Å². The van der Waals surface area contributed by atoms with Gasteiger partial charge in [-0.1, -0.05) is 51.7 Å². The molecule has 4 heterocycles. The van der Waals surface area contributed by atoms with Gasteiger partial charge in [0.2, 0.25) is 11.8 Å². The van der Waals surface area contributed by atoms with Gasteiger partial charge in [-0.05, 0) is 67.9 Å². The van der Waals surface area contributed by atoms with E-state index in [0.29, 0.717) is 18.9 Å². The summed E-state index contributed by atoms with van der Waals surface area (Å²) in [5.41, 5.74) is 5.52. The maximum absolute atomic E-state index is 13.6. The topological polar surface area (TPSA) is 186 Å². The molecule has 14 heteroatoms. The zero-order chi connectivity index (χ0) is 37.8. The molecule has 4 atom stereocenters. The lowest BCUT2D eigenvalue weighted by Gasteiger charge is -2.30. The van der Waals surface area contributed by atoms with Crippen LogP contribution in [-0.2, 0) is 14.3 Å². The molecule has 0 spiro atoms. The summed E-state index contributed by atoms with van der Waals surface area (Å²) >= 11 is 0. The zero-order valence-electron chi connectivity index (χ0n) is 30.6. The summed E-state index contributed by atoms with van der Waals surface area (Å²) in [5.74, 6) is 6.49. The first-order valence-corrected chi connectivity index (χ1v) is 18.1. The molecule has 2 saturated heterocycles. The van der Waals surface area contributed by atoms with Gasteiger partial charge in [-0.25, -0.2) is 19.6 Å². The van der Waals surface area contributed by atoms with E-state index in [-0.39, 0.29) is 35.7 Å². The van der Waals surface area contributed by atoms with Gasteiger partial charge in [0.05, 0.1) is 47.9 Å². The minimum atomic E-state index is -1.22. The number of imidazole rings is 2. The molecule has 278 valence electrons. The molecule has 2 aliphatic rings. The van der Waals surface area contributed by atoms with Gasteiger partial charge in [0, 0.05) is 29.8 Å². The Labute approximate surface area is 308 Å². The fraction of sp³-hybridized carbons (Fsp3) is 0.436. The smallest absolute Gasteiger partial charge is 0.407 e. The number of likely N-dealkylation sites (tertiary alicyclic amines) is 2. The van der Waals surface area contributed by atoms with Crippen LogP contribution in [0.15, 0.2) is 48.8 Å². The second-order valence-corrected chi connectivity index (χ2v) is 14.3. The molecule has 6 rings (SSSR count). The number of rotatable bonds is 9. The Hall–Kier alpha value is -5.84. The van der Waals surface area contributed by atoms with Crippen LogP contribution in [0.4, 0.5) is 9.59 Å². The van der Waals surface area contributed by atoms with Gasteiger partial charge in [0.25, 0.3) is 0 Å². The van der Waals surface area contributed by atoms with Crippen LogP contribution >= 0.6 is 0 Å². The van der Waals surface area contributed by atoms with Crippen LogP contribution in [0.25, 0.3) is 22.3 Å². The lowest BCUT2D eigenvalue weighted by atomic mass is 10.00. The van der Waals surface area contributed by atoms with E-state index in [0.717, 1.165) is 64.8 Å². The molecule has 0 saturated carbocycles. The quantitative estimate of drug-likeness (QED) is 0.143. The van der Waals surface area contributed by atoms with Crippen molar-refractivity contribution >= 4 is 35.0 Å². The standard InChI is InChI=1S/C39H46N8O6/c1-22(2)31(44-38(50)51)36(48)46-17-7-11-29(46)34-33(40-21-41-34)26-10-6-9-24(19-26)13-14-25-15-16-27-28(20-25)43-35(42-27)30-12-8-18-47(30)37(49)32(23(3)4)45-39(52)53-5/h6,9-10,15-16,19-23,29-32,44H,7-8,11-12,17-18H2,1-5H3,(H,40,41)(H,42,43)(H,45,52)(H,50,51)/t29-,30?,31-,32-/m0/s1. The highest BCUT2D eigenvalue weighted by atomic mass is 16.5. The Morgan fingerprint density at radius 2 is 1.53 bits per heavy atom. The van der Waals surface area contributed by atoms with Gasteiger partial charge in [-0.2, -0.15) is 0 Å². The van der Waals surface area contributed by atoms with Crippen molar-refractivity contribution in [2.75, 3.05) is 20.2 Å². The number of aromatic nitrogens is 4. The molecular weight excluding hydrogens is 676 g/mol.